The molecule has 3 rings (SSSR count). The second-order valence-corrected chi connectivity index (χ2v) is 5.62. The molecule has 1 aliphatic rings. The Morgan fingerprint density at radius 2 is 2.17 bits per heavy atom. The number of nitrogens with one attached hydrogen (secondary N) is 1. The third kappa shape index (κ3) is 3.33. The number of hydrogen-bond donors (Lipinski definition) is 1. The number of likely N-dealkylation sites (N-methyl/N-ethyl adjacent to an activating group) is 1. The lowest BCUT2D eigenvalue weighted by Crippen LogP contribution is -2.31. The quantitative estimate of drug-likeness (QED) is 0.910. The highest BCUT2D eigenvalue weighted by Crippen LogP contribution is 2.28. The molecule has 120 valence electrons. The number of benzene rings is 1. The smallest absolute Gasteiger partial charge is 0.265 e. The van der Waals surface area contributed by atoms with Crippen LogP contribution in [0.1, 0.15) is 5.56 Å². The maximum Gasteiger partial charge on any atom is 0.265 e. The molecular weight excluding hydrogens is 296 g/mol. The number of aromatic nitrogens is 2. The molecule has 0 spiro atoms. The molecule has 23 heavy (non-hydrogen) atoms. The van der Waals surface area contributed by atoms with E-state index in [0.29, 0.717) is 12.1 Å². The molecule has 2 amide bonds. The Labute approximate surface area is 133 Å². The lowest BCUT2D eigenvalue weighted by Gasteiger charge is -2.10. The molecule has 2 heterocycles. The average Bonchev–Trinajstić information content (AvgIpc) is 3.13. The van der Waals surface area contributed by atoms with Crippen LogP contribution < -0.4 is 10.1 Å². The summed E-state index contributed by atoms with van der Waals surface area (Å²) in [7, 11) is 3.37. The van der Waals surface area contributed by atoms with Gasteiger partial charge in [0.1, 0.15) is 12.3 Å². The fraction of sp³-hybridized carbons (Fsp3) is 0.312. The second kappa shape index (κ2) is 6.12. The number of carbonyl (C=O) groups is 2. The molecule has 0 aliphatic carbocycles. The van der Waals surface area contributed by atoms with Gasteiger partial charge in [0.25, 0.3) is 5.91 Å². The SMILES string of the molecule is CN(C)C(=O)Cn1cc(NC(=O)[C@@H]2Cc3ccccc3O2)cn1. The minimum absolute atomic E-state index is 0.0689. The highest BCUT2D eigenvalue weighted by molar-refractivity contribution is 5.94. The molecule has 0 saturated heterocycles. The van der Waals surface area contributed by atoms with Crippen LogP contribution in [-0.2, 0) is 22.6 Å². The fourth-order valence-electron chi connectivity index (χ4n) is 2.35. The standard InChI is InChI=1S/C16H18N4O3/c1-19(2)15(21)10-20-9-12(8-17-20)18-16(22)14-7-11-5-3-4-6-13(11)23-14/h3-6,8-9,14H,7,10H2,1-2H3,(H,18,22)/t14-/m0/s1. The summed E-state index contributed by atoms with van der Waals surface area (Å²) in [6.07, 6.45) is 3.15. The summed E-state index contributed by atoms with van der Waals surface area (Å²) in [5.74, 6) is 0.458. The molecule has 7 heteroatoms. The van der Waals surface area contributed by atoms with Crippen LogP contribution in [0.25, 0.3) is 0 Å². The summed E-state index contributed by atoms with van der Waals surface area (Å²) in [5.41, 5.74) is 1.57. The molecule has 1 atom stereocenters. The first-order chi connectivity index (χ1) is 11.0. The largest absolute Gasteiger partial charge is 0.480 e. The Balaban J connectivity index is 1.59. The first-order valence-corrected chi connectivity index (χ1v) is 7.31. The summed E-state index contributed by atoms with van der Waals surface area (Å²) in [4.78, 5) is 25.4. The number of hydrogen-bond acceptors (Lipinski definition) is 4. The Hall–Kier alpha value is -2.83. The van der Waals surface area contributed by atoms with Crippen LogP contribution >= 0.6 is 0 Å². The zero-order chi connectivity index (χ0) is 16.4. The third-order valence-corrected chi connectivity index (χ3v) is 3.64. The number of ether oxygens (including phenoxy) is 1. The first kappa shape index (κ1) is 15.1. The number of fused-ring (bicyclic) bond motifs is 1. The van der Waals surface area contributed by atoms with Crippen molar-refractivity contribution in [1.82, 2.24) is 14.7 Å². The molecule has 1 aliphatic heterocycles. The van der Waals surface area contributed by atoms with Crippen LogP contribution in [0, 0.1) is 0 Å². The number of para-hydroxylation sites is 1. The summed E-state index contributed by atoms with van der Waals surface area (Å²) in [6, 6.07) is 7.61. The van der Waals surface area contributed by atoms with Gasteiger partial charge in [0, 0.05) is 26.7 Å². The van der Waals surface area contributed by atoms with Gasteiger partial charge >= 0.3 is 0 Å². The van der Waals surface area contributed by atoms with Gasteiger partial charge < -0.3 is 15.0 Å². The van der Waals surface area contributed by atoms with E-state index in [0.717, 1.165) is 11.3 Å². The van der Waals surface area contributed by atoms with Crippen molar-refractivity contribution in [3.63, 3.8) is 0 Å². The van der Waals surface area contributed by atoms with Crippen molar-refractivity contribution in [3.05, 3.63) is 42.2 Å². The lowest BCUT2D eigenvalue weighted by atomic mass is 10.1. The predicted octanol–water partition coefficient (Wildman–Crippen LogP) is 0.913. The van der Waals surface area contributed by atoms with E-state index in [9.17, 15) is 9.59 Å². The van der Waals surface area contributed by atoms with E-state index < -0.39 is 6.10 Å². The Bertz CT molecular complexity index is 713. The summed E-state index contributed by atoms with van der Waals surface area (Å²) < 4.78 is 7.13. The van der Waals surface area contributed by atoms with Gasteiger partial charge in [-0.15, -0.1) is 0 Å². The van der Waals surface area contributed by atoms with Crippen molar-refractivity contribution in [2.75, 3.05) is 19.4 Å². The lowest BCUT2D eigenvalue weighted by molar-refractivity contribution is -0.129. The average molecular weight is 314 g/mol. The van der Waals surface area contributed by atoms with E-state index in [1.807, 2.05) is 24.3 Å². The van der Waals surface area contributed by atoms with Crippen LogP contribution in [0.2, 0.25) is 0 Å². The number of rotatable bonds is 4. The van der Waals surface area contributed by atoms with Gasteiger partial charge in [-0.2, -0.15) is 5.10 Å². The van der Waals surface area contributed by atoms with Crippen LogP contribution in [0.15, 0.2) is 36.7 Å². The Morgan fingerprint density at radius 1 is 1.39 bits per heavy atom. The van der Waals surface area contributed by atoms with Crippen molar-refractivity contribution in [1.29, 1.82) is 0 Å². The Kier molecular flexibility index (Phi) is 4.01. The number of nitrogens with zero attached hydrogens (tertiary/aromatic N) is 3. The summed E-state index contributed by atoms with van der Waals surface area (Å²) in [5, 5.41) is 6.84. The van der Waals surface area contributed by atoms with Gasteiger partial charge in [-0.1, -0.05) is 18.2 Å². The van der Waals surface area contributed by atoms with Gasteiger partial charge in [0.05, 0.1) is 11.9 Å². The zero-order valence-electron chi connectivity index (χ0n) is 13.0. The molecular formula is C16H18N4O3. The molecule has 0 saturated carbocycles. The van der Waals surface area contributed by atoms with Crippen molar-refractivity contribution < 1.29 is 14.3 Å². The van der Waals surface area contributed by atoms with E-state index in [-0.39, 0.29) is 18.4 Å². The zero-order valence-corrected chi connectivity index (χ0v) is 13.0. The molecule has 1 aromatic carbocycles. The maximum atomic E-state index is 12.3. The van der Waals surface area contributed by atoms with E-state index in [2.05, 4.69) is 10.4 Å². The third-order valence-electron chi connectivity index (χ3n) is 3.64. The van der Waals surface area contributed by atoms with Crippen LogP contribution in [-0.4, -0.2) is 46.7 Å². The fourth-order valence-corrected chi connectivity index (χ4v) is 2.35. The van der Waals surface area contributed by atoms with Gasteiger partial charge in [0.2, 0.25) is 5.91 Å². The normalized spacial score (nSPS) is 15.7. The molecule has 1 N–H and O–H groups in total. The molecule has 0 unspecified atom stereocenters. The van der Waals surface area contributed by atoms with Gasteiger partial charge in [-0.25, -0.2) is 0 Å². The molecule has 2 aromatic rings. The van der Waals surface area contributed by atoms with Crippen LogP contribution in [0.5, 0.6) is 5.75 Å². The van der Waals surface area contributed by atoms with Gasteiger partial charge in [-0.05, 0) is 11.6 Å². The summed E-state index contributed by atoms with van der Waals surface area (Å²) >= 11 is 0. The van der Waals surface area contributed by atoms with Crippen LogP contribution in [0.3, 0.4) is 0 Å². The highest BCUT2D eigenvalue weighted by atomic mass is 16.5. The van der Waals surface area contributed by atoms with Crippen molar-refractivity contribution in [2.45, 2.75) is 19.1 Å². The molecule has 1 aromatic heterocycles. The first-order valence-electron chi connectivity index (χ1n) is 7.31. The van der Waals surface area contributed by atoms with E-state index in [1.54, 1.807) is 20.3 Å². The molecule has 0 radical (unpaired) electrons. The number of carbonyl (C=O) groups excluding carboxylic acids is 2. The van der Waals surface area contributed by atoms with Crippen molar-refractivity contribution in [2.24, 2.45) is 0 Å². The van der Waals surface area contributed by atoms with Gasteiger partial charge in [-0.3, -0.25) is 14.3 Å². The van der Waals surface area contributed by atoms with Gasteiger partial charge in [0.15, 0.2) is 6.10 Å². The minimum Gasteiger partial charge on any atom is -0.480 e. The number of anilines is 1. The van der Waals surface area contributed by atoms with Crippen LogP contribution in [0.4, 0.5) is 5.69 Å². The number of amides is 2. The van der Waals surface area contributed by atoms with Crippen molar-refractivity contribution >= 4 is 17.5 Å². The Morgan fingerprint density at radius 3 is 2.91 bits per heavy atom. The van der Waals surface area contributed by atoms with E-state index in [4.69, 9.17) is 4.74 Å². The van der Waals surface area contributed by atoms with Crippen molar-refractivity contribution in [3.8, 4) is 5.75 Å². The minimum atomic E-state index is -0.542. The molecule has 0 bridgehead atoms. The predicted molar refractivity (Wildman–Crippen MR) is 84.1 cm³/mol. The maximum absolute atomic E-state index is 12.3. The summed E-state index contributed by atoms with van der Waals surface area (Å²) in [6.45, 7) is 0.133. The molecule has 0 fully saturated rings. The monoisotopic (exact) mass is 314 g/mol. The second-order valence-electron chi connectivity index (χ2n) is 5.62. The highest BCUT2D eigenvalue weighted by Gasteiger charge is 2.28. The van der Waals surface area contributed by atoms with E-state index >= 15 is 0 Å². The topological polar surface area (TPSA) is 76.5 Å². The van der Waals surface area contributed by atoms with E-state index in [1.165, 1.54) is 15.8 Å². The molecule has 7 nitrogen and oxygen atoms in total.